The van der Waals surface area contributed by atoms with Gasteiger partial charge < -0.3 is 9.64 Å². The maximum Gasteiger partial charge on any atom is 0.227 e. The molecule has 0 N–H and O–H groups in total. The second kappa shape index (κ2) is 7.59. The van der Waals surface area contributed by atoms with Gasteiger partial charge in [-0.1, -0.05) is 18.2 Å². The predicted octanol–water partition coefficient (Wildman–Crippen LogP) is 2.37. The first-order chi connectivity index (χ1) is 13.5. The highest BCUT2D eigenvalue weighted by atomic mass is 16.5. The predicted molar refractivity (Wildman–Crippen MR) is 105 cm³/mol. The molecule has 0 bridgehead atoms. The number of para-hydroxylation sites is 1. The zero-order chi connectivity index (χ0) is 19.7. The van der Waals surface area contributed by atoms with E-state index in [0.717, 1.165) is 28.2 Å². The average Bonchev–Trinajstić information content (AvgIpc) is 3.24. The molecule has 4 rings (SSSR count). The number of amides is 1. The molecule has 1 amide bonds. The van der Waals surface area contributed by atoms with Crippen molar-refractivity contribution in [1.82, 2.24) is 24.5 Å². The summed E-state index contributed by atoms with van der Waals surface area (Å²) in [4.78, 5) is 15.0. The molecule has 3 heterocycles. The average molecular weight is 379 g/mol. The molecule has 0 spiro atoms. The van der Waals surface area contributed by atoms with E-state index in [-0.39, 0.29) is 11.9 Å². The van der Waals surface area contributed by atoms with E-state index < -0.39 is 0 Å². The van der Waals surface area contributed by atoms with Crippen molar-refractivity contribution in [3.05, 3.63) is 65.2 Å². The van der Waals surface area contributed by atoms with Crippen LogP contribution in [0.3, 0.4) is 0 Å². The van der Waals surface area contributed by atoms with Gasteiger partial charge in [0.05, 0.1) is 43.3 Å². The maximum absolute atomic E-state index is 13.1. The lowest BCUT2D eigenvalue weighted by Gasteiger charge is -2.36. The third-order valence-electron chi connectivity index (χ3n) is 5.24. The van der Waals surface area contributed by atoms with Crippen LogP contribution in [-0.2, 0) is 23.0 Å². The molecule has 0 aliphatic carbocycles. The van der Waals surface area contributed by atoms with Crippen LogP contribution in [0, 0.1) is 13.8 Å². The first-order valence-corrected chi connectivity index (χ1v) is 9.51. The fourth-order valence-electron chi connectivity index (χ4n) is 3.94. The Hall–Kier alpha value is -2.93. The molecule has 1 aliphatic rings. The molecule has 1 fully saturated rings. The number of hydrogen-bond acceptors (Lipinski definition) is 4. The van der Waals surface area contributed by atoms with Gasteiger partial charge in [0.25, 0.3) is 0 Å². The Bertz CT molecular complexity index is 976. The standard InChI is InChI=1S/C21H25N5O2/c1-15-21(16(2)26(23-15)18-7-5-4-6-8-18)19-14-28-10-9-25(19)20(27)11-17-12-22-24(3)13-17/h4-8,12-13,19H,9-11,14H2,1-3H3/t19-/m1/s1. The molecule has 146 valence electrons. The van der Waals surface area contributed by atoms with Gasteiger partial charge in [-0.15, -0.1) is 0 Å². The van der Waals surface area contributed by atoms with Crippen molar-refractivity contribution < 1.29 is 9.53 Å². The van der Waals surface area contributed by atoms with E-state index in [1.54, 1.807) is 10.9 Å². The van der Waals surface area contributed by atoms with Crippen LogP contribution in [0.15, 0.2) is 42.7 Å². The van der Waals surface area contributed by atoms with Crippen LogP contribution >= 0.6 is 0 Å². The Balaban J connectivity index is 1.64. The molecule has 0 unspecified atom stereocenters. The van der Waals surface area contributed by atoms with E-state index >= 15 is 0 Å². The van der Waals surface area contributed by atoms with Crippen molar-refractivity contribution in [3.8, 4) is 5.69 Å². The van der Waals surface area contributed by atoms with Crippen molar-refractivity contribution in [1.29, 1.82) is 0 Å². The van der Waals surface area contributed by atoms with E-state index in [1.807, 2.05) is 60.1 Å². The number of hydrogen-bond donors (Lipinski definition) is 0. The number of carbonyl (C=O) groups excluding carboxylic acids is 1. The van der Waals surface area contributed by atoms with Crippen molar-refractivity contribution in [2.75, 3.05) is 19.8 Å². The number of ether oxygens (including phenoxy) is 1. The fourth-order valence-corrected chi connectivity index (χ4v) is 3.94. The monoisotopic (exact) mass is 379 g/mol. The number of nitrogens with zero attached hydrogens (tertiary/aromatic N) is 5. The van der Waals surface area contributed by atoms with Crippen molar-refractivity contribution in [2.45, 2.75) is 26.3 Å². The topological polar surface area (TPSA) is 65.2 Å². The first kappa shape index (κ1) is 18.4. The summed E-state index contributed by atoms with van der Waals surface area (Å²) in [6, 6.07) is 9.93. The van der Waals surface area contributed by atoms with Gasteiger partial charge in [-0.25, -0.2) is 4.68 Å². The lowest BCUT2D eigenvalue weighted by atomic mass is 10.0. The van der Waals surface area contributed by atoms with Gasteiger partial charge in [0.1, 0.15) is 0 Å². The molecule has 28 heavy (non-hydrogen) atoms. The number of aryl methyl sites for hydroxylation is 2. The Morgan fingerprint density at radius 3 is 2.75 bits per heavy atom. The lowest BCUT2D eigenvalue weighted by Crippen LogP contribution is -2.44. The zero-order valence-electron chi connectivity index (χ0n) is 16.5. The summed E-state index contributed by atoms with van der Waals surface area (Å²) in [5.41, 5.74) is 4.97. The fraction of sp³-hybridized carbons (Fsp3) is 0.381. The Kier molecular flexibility index (Phi) is 5.00. The number of rotatable bonds is 4. The smallest absolute Gasteiger partial charge is 0.227 e. The van der Waals surface area contributed by atoms with Gasteiger partial charge in [-0.3, -0.25) is 9.48 Å². The molecule has 7 nitrogen and oxygen atoms in total. The number of carbonyl (C=O) groups is 1. The molecule has 1 atom stereocenters. The van der Waals surface area contributed by atoms with E-state index in [1.165, 1.54) is 0 Å². The number of morpholine rings is 1. The highest BCUT2D eigenvalue weighted by molar-refractivity contribution is 5.79. The molecule has 1 aliphatic heterocycles. The van der Waals surface area contributed by atoms with Crippen LogP contribution in [0.1, 0.15) is 28.6 Å². The molecule has 0 radical (unpaired) electrons. The van der Waals surface area contributed by atoms with E-state index in [0.29, 0.717) is 26.2 Å². The van der Waals surface area contributed by atoms with Crippen molar-refractivity contribution in [3.63, 3.8) is 0 Å². The van der Waals surface area contributed by atoms with Crippen LogP contribution in [0.2, 0.25) is 0 Å². The summed E-state index contributed by atoms with van der Waals surface area (Å²) >= 11 is 0. The highest BCUT2D eigenvalue weighted by Crippen LogP contribution is 2.31. The first-order valence-electron chi connectivity index (χ1n) is 9.51. The Morgan fingerprint density at radius 2 is 2.04 bits per heavy atom. The molecule has 3 aromatic rings. The van der Waals surface area contributed by atoms with Crippen LogP contribution in [-0.4, -0.2) is 50.1 Å². The van der Waals surface area contributed by atoms with Gasteiger partial charge in [0.2, 0.25) is 5.91 Å². The third kappa shape index (κ3) is 3.45. The minimum atomic E-state index is -0.129. The Morgan fingerprint density at radius 1 is 1.25 bits per heavy atom. The van der Waals surface area contributed by atoms with Crippen molar-refractivity contribution in [2.24, 2.45) is 7.05 Å². The van der Waals surface area contributed by atoms with Crippen LogP contribution < -0.4 is 0 Å². The molecular formula is C21H25N5O2. The highest BCUT2D eigenvalue weighted by Gasteiger charge is 2.33. The zero-order valence-corrected chi connectivity index (χ0v) is 16.5. The number of benzene rings is 1. The SMILES string of the molecule is Cc1nn(-c2ccccc2)c(C)c1[C@H]1COCCN1C(=O)Cc1cnn(C)c1. The second-order valence-corrected chi connectivity index (χ2v) is 7.21. The molecule has 0 saturated carbocycles. The molecule has 2 aromatic heterocycles. The largest absolute Gasteiger partial charge is 0.377 e. The van der Waals surface area contributed by atoms with E-state index in [9.17, 15) is 4.79 Å². The van der Waals surface area contributed by atoms with Gasteiger partial charge in [-0.2, -0.15) is 10.2 Å². The quantitative estimate of drug-likeness (QED) is 0.698. The minimum Gasteiger partial charge on any atom is -0.377 e. The van der Waals surface area contributed by atoms with Crippen molar-refractivity contribution >= 4 is 5.91 Å². The summed E-state index contributed by atoms with van der Waals surface area (Å²) in [5.74, 6) is 0.0903. The molecule has 1 aromatic carbocycles. The maximum atomic E-state index is 13.1. The lowest BCUT2D eigenvalue weighted by molar-refractivity contribution is -0.139. The summed E-state index contributed by atoms with van der Waals surface area (Å²) in [7, 11) is 1.86. The van der Waals surface area contributed by atoms with Gasteiger partial charge in [0.15, 0.2) is 0 Å². The number of aromatic nitrogens is 4. The summed E-state index contributed by atoms with van der Waals surface area (Å²) in [6.45, 7) is 5.68. The van der Waals surface area contributed by atoms with E-state index in [2.05, 4.69) is 12.0 Å². The van der Waals surface area contributed by atoms with Gasteiger partial charge >= 0.3 is 0 Å². The normalized spacial score (nSPS) is 17.1. The summed E-state index contributed by atoms with van der Waals surface area (Å²) in [6.07, 6.45) is 3.98. The minimum absolute atomic E-state index is 0.0903. The van der Waals surface area contributed by atoms with E-state index in [4.69, 9.17) is 9.84 Å². The Labute approximate surface area is 164 Å². The summed E-state index contributed by atoms with van der Waals surface area (Å²) < 4.78 is 9.42. The summed E-state index contributed by atoms with van der Waals surface area (Å²) in [5, 5.41) is 8.91. The van der Waals surface area contributed by atoms with Gasteiger partial charge in [-0.05, 0) is 31.5 Å². The van der Waals surface area contributed by atoms with Crippen LogP contribution in [0.5, 0.6) is 0 Å². The molecule has 1 saturated heterocycles. The van der Waals surface area contributed by atoms with Crippen LogP contribution in [0.25, 0.3) is 5.69 Å². The molecular weight excluding hydrogens is 354 g/mol. The molecule has 7 heteroatoms. The second-order valence-electron chi connectivity index (χ2n) is 7.21. The third-order valence-corrected chi connectivity index (χ3v) is 5.24. The van der Waals surface area contributed by atoms with Crippen LogP contribution in [0.4, 0.5) is 0 Å². The van der Waals surface area contributed by atoms with Gasteiger partial charge in [0, 0.05) is 31.0 Å².